The number of rotatable bonds is 4. The first-order chi connectivity index (χ1) is 7.43. The van der Waals surface area contributed by atoms with E-state index in [2.05, 4.69) is 0 Å². The largest absolute Gasteiger partial charge is 0.483 e. The minimum atomic E-state index is -0.876. The van der Waals surface area contributed by atoms with Crippen molar-refractivity contribution in [2.24, 2.45) is 5.92 Å². The van der Waals surface area contributed by atoms with Crippen molar-refractivity contribution < 1.29 is 14.1 Å². The number of ether oxygens (including phenoxy) is 1. The number of benzene rings is 1. The molecule has 0 radical (unpaired) electrons. The molecule has 0 aromatic heterocycles. The summed E-state index contributed by atoms with van der Waals surface area (Å²) in [6.45, 7) is 5.64. The molecule has 0 bridgehead atoms. The minimum absolute atomic E-state index is 0.0220. The standard InChI is InChI=1S/C11H14FNO3/c1-7(2)8(3)16-10-6-4-5-9(12)11(10)13(14)15/h4-8H,1-3H3. The zero-order valence-corrected chi connectivity index (χ0v) is 9.44. The molecular formula is C11H14FNO3. The predicted octanol–water partition coefficient (Wildman–Crippen LogP) is 3.16. The molecule has 1 aromatic rings. The van der Waals surface area contributed by atoms with Crippen molar-refractivity contribution >= 4 is 5.69 Å². The van der Waals surface area contributed by atoms with Crippen LogP contribution in [0, 0.1) is 21.8 Å². The molecule has 0 amide bonds. The molecule has 16 heavy (non-hydrogen) atoms. The molecule has 0 fully saturated rings. The van der Waals surface area contributed by atoms with E-state index in [0.29, 0.717) is 0 Å². The third-order valence-corrected chi connectivity index (χ3v) is 2.38. The van der Waals surface area contributed by atoms with Crippen LogP contribution in [0.15, 0.2) is 18.2 Å². The molecule has 0 saturated heterocycles. The van der Waals surface area contributed by atoms with Gasteiger partial charge in [-0.15, -0.1) is 0 Å². The van der Waals surface area contributed by atoms with Crippen molar-refractivity contribution in [1.29, 1.82) is 0 Å². The first kappa shape index (κ1) is 12.4. The highest BCUT2D eigenvalue weighted by Crippen LogP contribution is 2.30. The van der Waals surface area contributed by atoms with Crippen LogP contribution in [0.3, 0.4) is 0 Å². The Morgan fingerprint density at radius 1 is 1.38 bits per heavy atom. The third-order valence-electron chi connectivity index (χ3n) is 2.38. The van der Waals surface area contributed by atoms with Crippen molar-refractivity contribution in [2.75, 3.05) is 0 Å². The van der Waals surface area contributed by atoms with Gasteiger partial charge in [-0.3, -0.25) is 10.1 Å². The summed E-state index contributed by atoms with van der Waals surface area (Å²) in [5, 5.41) is 10.7. The van der Waals surface area contributed by atoms with Gasteiger partial charge in [0.25, 0.3) is 0 Å². The SMILES string of the molecule is CC(C)C(C)Oc1cccc(F)c1[N+](=O)[O-]. The molecule has 1 rings (SSSR count). The lowest BCUT2D eigenvalue weighted by atomic mass is 10.1. The summed E-state index contributed by atoms with van der Waals surface area (Å²) < 4.78 is 18.6. The Bertz CT molecular complexity index is 393. The Hall–Kier alpha value is -1.65. The summed E-state index contributed by atoms with van der Waals surface area (Å²) >= 11 is 0. The number of nitro benzene ring substituents is 1. The van der Waals surface area contributed by atoms with Crippen LogP contribution in [0.4, 0.5) is 10.1 Å². The lowest BCUT2D eigenvalue weighted by Crippen LogP contribution is -2.19. The van der Waals surface area contributed by atoms with Gasteiger partial charge in [0.05, 0.1) is 11.0 Å². The number of nitro groups is 1. The molecule has 88 valence electrons. The van der Waals surface area contributed by atoms with E-state index < -0.39 is 16.4 Å². The molecule has 0 aliphatic heterocycles. The number of hydrogen-bond acceptors (Lipinski definition) is 3. The van der Waals surface area contributed by atoms with Gasteiger partial charge < -0.3 is 4.74 Å². The number of hydrogen-bond donors (Lipinski definition) is 0. The maximum Gasteiger partial charge on any atom is 0.346 e. The smallest absolute Gasteiger partial charge is 0.346 e. The van der Waals surface area contributed by atoms with Gasteiger partial charge in [-0.25, -0.2) is 0 Å². The Morgan fingerprint density at radius 2 is 2.00 bits per heavy atom. The number of halogens is 1. The quantitative estimate of drug-likeness (QED) is 0.586. The highest BCUT2D eigenvalue weighted by atomic mass is 19.1. The molecular weight excluding hydrogens is 213 g/mol. The molecule has 1 aromatic carbocycles. The second-order valence-electron chi connectivity index (χ2n) is 3.91. The molecule has 0 saturated carbocycles. The molecule has 0 N–H and O–H groups in total. The van der Waals surface area contributed by atoms with Crippen LogP contribution in [0.2, 0.25) is 0 Å². The van der Waals surface area contributed by atoms with Crippen molar-refractivity contribution in [1.82, 2.24) is 0 Å². The summed E-state index contributed by atoms with van der Waals surface area (Å²) in [5.74, 6) is -0.701. The number of nitrogens with zero attached hydrogens (tertiary/aromatic N) is 1. The fourth-order valence-electron chi connectivity index (χ4n) is 1.10. The second-order valence-corrected chi connectivity index (χ2v) is 3.91. The number of para-hydroxylation sites is 1. The lowest BCUT2D eigenvalue weighted by molar-refractivity contribution is -0.388. The van der Waals surface area contributed by atoms with Gasteiger partial charge >= 0.3 is 5.69 Å². The summed E-state index contributed by atoms with van der Waals surface area (Å²) in [4.78, 5) is 9.91. The van der Waals surface area contributed by atoms with Gasteiger partial charge in [-0.05, 0) is 25.0 Å². The van der Waals surface area contributed by atoms with Crippen LogP contribution >= 0.6 is 0 Å². The Morgan fingerprint density at radius 3 is 2.50 bits per heavy atom. The predicted molar refractivity (Wildman–Crippen MR) is 58.0 cm³/mol. The lowest BCUT2D eigenvalue weighted by Gasteiger charge is -2.17. The van der Waals surface area contributed by atoms with E-state index in [9.17, 15) is 14.5 Å². The van der Waals surface area contributed by atoms with Crippen molar-refractivity contribution in [2.45, 2.75) is 26.9 Å². The second kappa shape index (κ2) is 4.92. The van der Waals surface area contributed by atoms with Crippen molar-refractivity contribution in [3.63, 3.8) is 0 Å². The van der Waals surface area contributed by atoms with Gasteiger partial charge in [-0.2, -0.15) is 4.39 Å². The van der Waals surface area contributed by atoms with Crippen molar-refractivity contribution in [3.05, 3.63) is 34.1 Å². The Labute approximate surface area is 93.2 Å². The van der Waals surface area contributed by atoms with Crippen LogP contribution in [0.25, 0.3) is 0 Å². The van der Waals surface area contributed by atoms with Crippen LogP contribution < -0.4 is 4.74 Å². The van der Waals surface area contributed by atoms with Gasteiger partial charge in [-0.1, -0.05) is 19.9 Å². The average Bonchev–Trinajstić information content (AvgIpc) is 2.16. The fourth-order valence-corrected chi connectivity index (χ4v) is 1.10. The van der Waals surface area contributed by atoms with Crippen LogP contribution in [-0.4, -0.2) is 11.0 Å². The van der Waals surface area contributed by atoms with E-state index in [0.717, 1.165) is 6.07 Å². The van der Waals surface area contributed by atoms with E-state index >= 15 is 0 Å². The summed E-state index contributed by atoms with van der Waals surface area (Å²) in [6.07, 6.45) is -0.208. The van der Waals surface area contributed by atoms with E-state index in [-0.39, 0.29) is 17.8 Å². The molecule has 5 heteroatoms. The highest BCUT2D eigenvalue weighted by Gasteiger charge is 2.23. The Balaban J connectivity index is 3.04. The van der Waals surface area contributed by atoms with Gasteiger partial charge in [0.15, 0.2) is 0 Å². The third kappa shape index (κ3) is 2.68. The minimum Gasteiger partial charge on any atom is -0.483 e. The molecule has 0 aliphatic carbocycles. The maximum atomic E-state index is 13.2. The highest BCUT2D eigenvalue weighted by molar-refractivity contribution is 5.47. The summed E-state index contributed by atoms with van der Waals surface area (Å²) in [5.41, 5.74) is -0.602. The molecule has 1 atom stereocenters. The molecule has 1 unspecified atom stereocenters. The maximum absolute atomic E-state index is 13.2. The van der Waals surface area contributed by atoms with Crippen LogP contribution in [0.5, 0.6) is 5.75 Å². The Kier molecular flexibility index (Phi) is 3.82. The fraction of sp³-hybridized carbons (Fsp3) is 0.455. The zero-order valence-electron chi connectivity index (χ0n) is 9.44. The van der Waals surface area contributed by atoms with Gasteiger partial charge in [0.2, 0.25) is 11.6 Å². The molecule has 0 aliphatic rings. The van der Waals surface area contributed by atoms with E-state index in [1.54, 1.807) is 6.92 Å². The first-order valence-electron chi connectivity index (χ1n) is 5.03. The van der Waals surface area contributed by atoms with E-state index in [4.69, 9.17) is 4.74 Å². The first-order valence-corrected chi connectivity index (χ1v) is 5.03. The van der Waals surface area contributed by atoms with Gasteiger partial charge in [0.1, 0.15) is 0 Å². The monoisotopic (exact) mass is 227 g/mol. The van der Waals surface area contributed by atoms with Crippen molar-refractivity contribution in [3.8, 4) is 5.75 Å². The van der Waals surface area contributed by atoms with Crippen LogP contribution in [-0.2, 0) is 0 Å². The zero-order chi connectivity index (χ0) is 12.3. The summed E-state index contributed by atoms with van der Waals surface area (Å²) in [6, 6.07) is 3.84. The molecule has 0 heterocycles. The van der Waals surface area contributed by atoms with Crippen LogP contribution in [0.1, 0.15) is 20.8 Å². The average molecular weight is 227 g/mol. The molecule has 4 nitrogen and oxygen atoms in total. The van der Waals surface area contributed by atoms with E-state index in [1.165, 1.54) is 12.1 Å². The molecule has 0 spiro atoms. The van der Waals surface area contributed by atoms with Gasteiger partial charge in [0, 0.05) is 0 Å². The topological polar surface area (TPSA) is 52.4 Å². The van der Waals surface area contributed by atoms with E-state index in [1.807, 2.05) is 13.8 Å². The normalized spacial score (nSPS) is 12.6. The summed E-state index contributed by atoms with van der Waals surface area (Å²) in [7, 11) is 0.